The SMILES string of the molecule is O=C1CCC(N2C(=O)c3cccc(NCc4cn(CCOCCOCCOCCC(=O)OOC(=O)C(F)(F)F)nn4)c3C2=O)C(=O)N1. The molecule has 4 amide bonds. The number of anilines is 1. The van der Waals surface area contributed by atoms with E-state index in [9.17, 15) is 41.9 Å². The van der Waals surface area contributed by atoms with Gasteiger partial charge in [-0.15, -0.1) is 5.10 Å². The number of rotatable bonds is 16. The van der Waals surface area contributed by atoms with Gasteiger partial charge in [-0.1, -0.05) is 11.3 Å². The van der Waals surface area contributed by atoms with Gasteiger partial charge in [0, 0.05) is 12.1 Å². The Morgan fingerprint density at radius 3 is 2.36 bits per heavy atom. The first-order valence-corrected chi connectivity index (χ1v) is 14.1. The molecule has 4 rings (SSSR count). The van der Waals surface area contributed by atoms with Crippen molar-refractivity contribution in [2.45, 2.75) is 44.6 Å². The van der Waals surface area contributed by atoms with E-state index in [0.717, 1.165) is 4.90 Å². The van der Waals surface area contributed by atoms with Crippen LogP contribution in [0.4, 0.5) is 18.9 Å². The van der Waals surface area contributed by atoms with Crippen molar-refractivity contribution in [1.29, 1.82) is 0 Å². The molecule has 0 spiro atoms. The van der Waals surface area contributed by atoms with Crippen molar-refractivity contribution >= 4 is 41.3 Å². The first-order chi connectivity index (χ1) is 22.5. The van der Waals surface area contributed by atoms with Crippen molar-refractivity contribution in [3.63, 3.8) is 0 Å². The van der Waals surface area contributed by atoms with Crippen LogP contribution in [0.25, 0.3) is 0 Å². The molecular formula is C27H29F3N6O11. The monoisotopic (exact) mass is 670 g/mol. The summed E-state index contributed by atoms with van der Waals surface area (Å²) < 4.78 is 53.2. The van der Waals surface area contributed by atoms with Crippen LogP contribution >= 0.6 is 0 Å². The number of imide groups is 2. The molecule has 20 heteroatoms. The maximum Gasteiger partial charge on any atom is 0.495 e. The Hall–Kier alpha value is -4.95. The van der Waals surface area contributed by atoms with E-state index in [1.165, 1.54) is 6.07 Å². The molecule has 254 valence electrons. The lowest BCUT2D eigenvalue weighted by molar-refractivity contribution is -0.286. The molecular weight excluding hydrogens is 641 g/mol. The van der Waals surface area contributed by atoms with Gasteiger partial charge >= 0.3 is 18.1 Å². The quantitative estimate of drug-likeness (QED) is 0.107. The van der Waals surface area contributed by atoms with Gasteiger partial charge in [0.05, 0.1) is 76.5 Å². The molecule has 1 aromatic heterocycles. The number of aromatic nitrogens is 3. The number of alkyl halides is 3. The highest BCUT2D eigenvalue weighted by molar-refractivity contribution is 6.25. The molecule has 2 aliphatic heterocycles. The Kier molecular flexibility index (Phi) is 11.9. The van der Waals surface area contributed by atoms with Crippen molar-refractivity contribution in [2.75, 3.05) is 45.0 Å². The predicted molar refractivity (Wildman–Crippen MR) is 146 cm³/mol. The fourth-order valence-corrected chi connectivity index (χ4v) is 4.41. The lowest BCUT2D eigenvalue weighted by atomic mass is 10.0. The second kappa shape index (κ2) is 16.1. The summed E-state index contributed by atoms with van der Waals surface area (Å²) in [5.74, 6) is -6.22. The average molecular weight is 671 g/mol. The van der Waals surface area contributed by atoms with Gasteiger partial charge in [0.1, 0.15) is 11.7 Å². The van der Waals surface area contributed by atoms with Crippen LogP contribution in [0.15, 0.2) is 24.4 Å². The number of nitrogens with one attached hydrogen (secondary N) is 2. The van der Waals surface area contributed by atoms with E-state index in [1.807, 2.05) is 0 Å². The normalized spacial score (nSPS) is 16.2. The molecule has 2 aliphatic rings. The van der Waals surface area contributed by atoms with Crippen LogP contribution in [-0.2, 0) is 56.3 Å². The topological polar surface area (TPSA) is 207 Å². The Bertz CT molecular complexity index is 1500. The number of fused-ring (bicyclic) bond motifs is 1. The van der Waals surface area contributed by atoms with Crippen LogP contribution in [0.3, 0.4) is 0 Å². The molecule has 1 atom stereocenters. The van der Waals surface area contributed by atoms with Crippen LogP contribution in [-0.4, -0.2) is 107 Å². The Morgan fingerprint density at radius 2 is 1.66 bits per heavy atom. The van der Waals surface area contributed by atoms with Gasteiger partial charge in [-0.25, -0.2) is 24.0 Å². The lowest BCUT2D eigenvalue weighted by Crippen LogP contribution is -2.54. The van der Waals surface area contributed by atoms with Gasteiger partial charge in [-0.05, 0) is 18.6 Å². The number of carbonyl (C=O) groups is 6. The third-order valence-corrected chi connectivity index (χ3v) is 6.62. The highest BCUT2D eigenvalue weighted by atomic mass is 19.4. The van der Waals surface area contributed by atoms with Gasteiger partial charge in [0.2, 0.25) is 11.8 Å². The molecule has 0 bridgehead atoms. The second-order valence-corrected chi connectivity index (χ2v) is 9.91. The zero-order chi connectivity index (χ0) is 34.0. The number of amides is 4. The lowest BCUT2D eigenvalue weighted by Gasteiger charge is -2.27. The van der Waals surface area contributed by atoms with Crippen LogP contribution < -0.4 is 10.6 Å². The van der Waals surface area contributed by atoms with Gasteiger partial charge in [0.25, 0.3) is 11.8 Å². The molecule has 1 aromatic carbocycles. The van der Waals surface area contributed by atoms with Gasteiger partial charge < -0.3 is 19.5 Å². The molecule has 17 nitrogen and oxygen atoms in total. The van der Waals surface area contributed by atoms with E-state index in [2.05, 4.69) is 30.7 Å². The summed E-state index contributed by atoms with van der Waals surface area (Å²) in [6.45, 7) is 1.37. The van der Waals surface area contributed by atoms with Crippen LogP contribution in [0, 0.1) is 0 Å². The summed E-state index contributed by atoms with van der Waals surface area (Å²) in [5.41, 5.74) is 1.21. The molecule has 0 radical (unpaired) electrons. The molecule has 2 aromatic rings. The largest absolute Gasteiger partial charge is 0.495 e. The number of ether oxygens (including phenoxy) is 3. The smallest absolute Gasteiger partial charge is 0.379 e. The highest BCUT2D eigenvalue weighted by Crippen LogP contribution is 2.32. The standard InChI is InChI=1S/C27H29F3N6O11/c28-27(29,30)26(42)47-46-21(38)6-8-43-10-12-45-13-11-44-9-7-35-15-16(33-34-35)14-31-18-3-1-2-17-22(18)25(41)36(24(17)40)19-4-5-20(37)32-23(19)39/h1-3,15,19,31H,4-14H2,(H,32,37,39). The summed E-state index contributed by atoms with van der Waals surface area (Å²) in [7, 11) is 0. The summed E-state index contributed by atoms with van der Waals surface area (Å²) in [6, 6.07) is 3.68. The molecule has 0 aliphatic carbocycles. The van der Waals surface area contributed by atoms with E-state index in [0.29, 0.717) is 17.9 Å². The fraction of sp³-hybridized carbons (Fsp3) is 0.481. The summed E-state index contributed by atoms with van der Waals surface area (Å²) in [5, 5.41) is 13.4. The van der Waals surface area contributed by atoms with Crippen LogP contribution in [0.1, 0.15) is 45.7 Å². The maximum absolute atomic E-state index is 13.2. The molecule has 1 unspecified atom stereocenters. The second-order valence-electron chi connectivity index (χ2n) is 9.91. The minimum Gasteiger partial charge on any atom is -0.379 e. The van der Waals surface area contributed by atoms with Crippen molar-refractivity contribution in [2.24, 2.45) is 0 Å². The van der Waals surface area contributed by atoms with Crippen molar-refractivity contribution < 1.29 is 65.9 Å². The summed E-state index contributed by atoms with van der Waals surface area (Å²) in [4.78, 5) is 79.6. The van der Waals surface area contributed by atoms with Crippen molar-refractivity contribution in [3.8, 4) is 0 Å². The van der Waals surface area contributed by atoms with Gasteiger partial charge in [-0.2, -0.15) is 13.2 Å². The zero-order valence-electron chi connectivity index (χ0n) is 24.6. The third kappa shape index (κ3) is 9.53. The maximum atomic E-state index is 13.2. The average Bonchev–Trinajstić information content (AvgIpc) is 3.58. The van der Waals surface area contributed by atoms with E-state index in [-0.39, 0.29) is 70.2 Å². The summed E-state index contributed by atoms with van der Waals surface area (Å²) >= 11 is 0. The van der Waals surface area contributed by atoms with E-state index in [1.54, 1.807) is 23.0 Å². The van der Waals surface area contributed by atoms with Crippen molar-refractivity contribution in [1.82, 2.24) is 25.2 Å². The van der Waals surface area contributed by atoms with E-state index < -0.39 is 54.2 Å². The molecule has 3 heterocycles. The third-order valence-electron chi connectivity index (χ3n) is 6.62. The van der Waals surface area contributed by atoms with E-state index in [4.69, 9.17) is 14.2 Å². The number of carbonyl (C=O) groups excluding carboxylic acids is 6. The first kappa shape index (κ1) is 34.9. The first-order valence-electron chi connectivity index (χ1n) is 14.1. The molecule has 0 saturated carbocycles. The summed E-state index contributed by atoms with van der Waals surface area (Å²) in [6.07, 6.45) is -3.96. The number of piperidine rings is 1. The van der Waals surface area contributed by atoms with E-state index >= 15 is 0 Å². The Morgan fingerprint density at radius 1 is 0.957 bits per heavy atom. The van der Waals surface area contributed by atoms with Gasteiger partial charge in [-0.3, -0.25) is 29.4 Å². The number of halogens is 3. The molecule has 1 fully saturated rings. The minimum absolute atomic E-state index is 0.0229. The molecule has 1 saturated heterocycles. The number of hydrogen-bond donors (Lipinski definition) is 2. The van der Waals surface area contributed by atoms with Crippen molar-refractivity contribution in [3.05, 3.63) is 41.2 Å². The molecule has 2 N–H and O–H groups in total. The molecule has 47 heavy (non-hydrogen) atoms. The minimum atomic E-state index is -5.27. The predicted octanol–water partition coefficient (Wildman–Crippen LogP) is 0.295. The number of benzene rings is 1. The van der Waals surface area contributed by atoms with Gasteiger partial charge in [0.15, 0.2) is 0 Å². The van der Waals surface area contributed by atoms with Crippen LogP contribution in [0.5, 0.6) is 0 Å². The zero-order valence-corrected chi connectivity index (χ0v) is 24.6. The highest BCUT2D eigenvalue weighted by Gasteiger charge is 2.46. The fourth-order valence-electron chi connectivity index (χ4n) is 4.41. The Labute approximate surface area is 263 Å². The number of hydrogen-bond acceptors (Lipinski definition) is 14. The number of nitrogens with zero attached hydrogens (tertiary/aromatic N) is 4. The Balaban J connectivity index is 1.08. The van der Waals surface area contributed by atoms with Crippen LogP contribution in [0.2, 0.25) is 0 Å².